The van der Waals surface area contributed by atoms with Gasteiger partial charge in [-0.25, -0.2) is 0 Å². The fraction of sp³-hybridized carbons (Fsp3) is 0.396. The lowest BCUT2D eigenvalue weighted by Crippen LogP contribution is -2.24. The molecule has 0 spiro atoms. The molecule has 0 aliphatic rings. The molecule has 0 bridgehead atoms. The van der Waals surface area contributed by atoms with Gasteiger partial charge in [-0.05, 0) is 66.5 Å². The monoisotopic (exact) mass is 735 g/mol. The Bertz CT molecular complexity index is 1460. The summed E-state index contributed by atoms with van der Waals surface area (Å²) in [5, 5.41) is 0. The third-order valence-electron chi connectivity index (χ3n) is 10.2. The number of rotatable bonds is 26. The summed E-state index contributed by atoms with van der Waals surface area (Å²) < 4.78 is 0. The quantitative estimate of drug-likeness (QED) is 0.0412. The first kappa shape index (κ1) is 43.5. The van der Waals surface area contributed by atoms with Crippen molar-refractivity contribution in [3.8, 4) is 0 Å². The van der Waals surface area contributed by atoms with Gasteiger partial charge >= 0.3 is 0 Å². The molecule has 0 atom stereocenters. The maximum Gasteiger partial charge on any atom is 0.0240 e. The van der Waals surface area contributed by atoms with Crippen molar-refractivity contribution in [1.82, 2.24) is 9.80 Å². The average Bonchev–Trinajstić information content (AvgIpc) is 3.23. The summed E-state index contributed by atoms with van der Waals surface area (Å²) in [7, 11) is 0. The van der Waals surface area contributed by atoms with Gasteiger partial charge in [-0.15, -0.1) is 0 Å². The number of hydrogen-bond acceptors (Lipinski definition) is 2. The number of hydrogen-bond donors (Lipinski definition) is 0. The fourth-order valence-corrected chi connectivity index (χ4v) is 7.17. The Labute approximate surface area is 336 Å². The summed E-state index contributed by atoms with van der Waals surface area (Å²) >= 11 is 0. The van der Waals surface area contributed by atoms with Crippen molar-refractivity contribution in [1.29, 1.82) is 0 Å². The first-order valence-electron chi connectivity index (χ1n) is 21.6. The molecule has 0 amide bonds. The zero-order valence-corrected chi connectivity index (χ0v) is 34.1. The first-order chi connectivity index (χ1) is 27.3. The highest BCUT2D eigenvalue weighted by atomic mass is 15.1. The maximum atomic E-state index is 2.61. The van der Waals surface area contributed by atoms with E-state index in [1.807, 2.05) is 0 Å². The number of unbranched alkanes of at least 4 members (excludes halogenated alkanes) is 12. The van der Waals surface area contributed by atoms with Gasteiger partial charge in [0.2, 0.25) is 0 Å². The molecule has 5 rings (SSSR count). The summed E-state index contributed by atoms with van der Waals surface area (Å²) in [6.45, 7) is 8.45. The zero-order valence-electron chi connectivity index (χ0n) is 34.1. The molecule has 2 nitrogen and oxygen atoms in total. The van der Waals surface area contributed by atoms with Gasteiger partial charge in [-0.2, -0.15) is 0 Å². The molecular formula is C53H70N2. The second-order valence-corrected chi connectivity index (χ2v) is 15.2. The molecule has 0 aliphatic carbocycles. The molecule has 5 aromatic rings. The van der Waals surface area contributed by atoms with E-state index in [1.165, 1.54) is 124 Å². The van der Waals surface area contributed by atoms with Gasteiger partial charge in [0.25, 0.3) is 0 Å². The van der Waals surface area contributed by atoms with Gasteiger partial charge in [0.05, 0.1) is 0 Å². The predicted molar refractivity (Wildman–Crippen MR) is 239 cm³/mol. The number of benzene rings is 5. The van der Waals surface area contributed by atoms with E-state index in [-0.39, 0.29) is 0 Å². The molecule has 0 N–H and O–H groups in total. The van der Waals surface area contributed by atoms with Crippen LogP contribution in [0.15, 0.2) is 164 Å². The lowest BCUT2D eigenvalue weighted by Gasteiger charge is -2.23. The van der Waals surface area contributed by atoms with Crippen LogP contribution in [0.5, 0.6) is 0 Å². The van der Waals surface area contributed by atoms with Crippen molar-refractivity contribution in [2.24, 2.45) is 0 Å². The van der Waals surface area contributed by atoms with E-state index < -0.39 is 0 Å². The van der Waals surface area contributed by atoms with Gasteiger partial charge in [-0.3, -0.25) is 9.80 Å². The van der Waals surface area contributed by atoms with Crippen LogP contribution in [0.1, 0.15) is 125 Å². The minimum absolute atomic E-state index is 0.963. The average molecular weight is 735 g/mol. The predicted octanol–water partition coefficient (Wildman–Crippen LogP) is 14.6. The minimum atomic E-state index is 0.963. The SMILES string of the molecule is CCCCCCCC/C=C\CCCCCCCCN(Cc1ccccc1)Cc1ccccc1.c1ccc(CN(Cc2ccccc2)Cc2ccccc2)cc1. The van der Waals surface area contributed by atoms with Crippen LogP contribution in [0, 0.1) is 0 Å². The van der Waals surface area contributed by atoms with E-state index in [9.17, 15) is 0 Å². The molecule has 292 valence electrons. The van der Waals surface area contributed by atoms with Crippen LogP contribution in [0.4, 0.5) is 0 Å². The van der Waals surface area contributed by atoms with Crippen LogP contribution in [-0.2, 0) is 32.7 Å². The van der Waals surface area contributed by atoms with E-state index in [0.29, 0.717) is 0 Å². The molecular weight excluding hydrogens is 665 g/mol. The molecule has 0 saturated heterocycles. The van der Waals surface area contributed by atoms with Gasteiger partial charge in [0, 0.05) is 32.7 Å². The number of nitrogens with zero attached hydrogens (tertiary/aromatic N) is 2. The van der Waals surface area contributed by atoms with Crippen molar-refractivity contribution in [3.63, 3.8) is 0 Å². The van der Waals surface area contributed by atoms with Crippen LogP contribution in [-0.4, -0.2) is 16.3 Å². The van der Waals surface area contributed by atoms with E-state index in [2.05, 4.69) is 181 Å². The van der Waals surface area contributed by atoms with Crippen molar-refractivity contribution in [2.75, 3.05) is 6.54 Å². The molecule has 2 heteroatoms. The lowest BCUT2D eigenvalue weighted by atomic mass is 10.1. The summed E-state index contributed by atoms with van der Waals surface area (Å²) in [4.78, 5) is 5.10. The van der Waals surface area contributed by atoms with Crippen molar-refractivity contribution in [2.45, 2.75) is 130 Å². The molecule has 0 heterocycles. The van der Waals surface area contributed by atoms with Crippen molar-refractivity contribution in [3.05, 3.63) is 192 Å². The second-order valence-electron chi connectivity index (χ2n) is 15.2. The van der Waals surface area contributed by atoms with Gasteiger partial charge < -0.3 is 0 Å². The zero-order chi connectivity index (χ0) is 38.3. The Morgan fingerprint density at radius 2 is 0.582 bits per heavy atom. The third kappa shape index (κ3) is 20.9. The smallest absolute Gasteiger partial charge is 0.0240 e. The highest BCUT2D eigenvalue weighted by Gasteiger charge is 2.09. The van der Waals surface area contributed by atoms with Crippen molar-refractivity contribution < 1.29 is 0 Å². The van der Waals surface area contributed by atoms with Crippen LogP contribution in [0.3, 0.4) is 0 Å². The second kappa shape index (κ2) is 29.1. The van der Waals surface area contributed by atoms with E-state index >= 15 is 0 Å². The van der Waals surface area contributed by atoms with E-state index in [4.69, 9.17) is 0 Å². The molecule has 0 fully saturated rings. The summed E-state index contributed by atoms with van der Waals surface area (Å²) in [6, 6.07) is 53.9. The van der Waals surface area contributed by atoms with Crippen LogP contribution in [0.25, 0.3) is 0 Å². The Balaban J connectivity index is 0.000000264. The highest BCUT2D eigenvalue weighted by Crippen LogP contribution is 2.16. The summed E-state index contributed by atoms with van der Waals surface area (Å²) in [5.74, 6) is 0. The maximum absolute atomic E-state index is 2.61. The van der Waals surface area contributed by atoms with Crippen LogP contribution >= 0.6 is 0 Å². The summed E-state index contributed by atoms with van der Waals surface area (Å²) in [6.07, 6.45) is 24.0. The van der Waals surface area contributed by atoms with Crippen LogP contribution < -0.4 is 0 Å². The third-order valence-corrected chi connectivity index (χ3v) is 10.2. The summed E-state index contributed by atoms with van der Waals surface area (Å²) in [5.41, 5.74) is 6.90. The van der Waals surface area contributed by atoms with Gasteiger partial charge in [0.1, 0.15) is 0 Å². The van der Waals surface area contributed by atoms with E-state index in [1.54, 1.807) is 0 Å². The van der Waals surface area contributed by atoms with Gasteiger partial charge in [-0.1, -0.05) is 229 Å². The largest absolute Gasteiger partial charge is 0.295 e. The number of allylic oxidation sites excluding steroid dienone is 2. The van der Waals surface area contributed by atoms with Crippen LogP contribution in [0.2, 0.25) is 0 Å². The topological polar surface area (TPSA) is 6.48 Å². The minimum Gasteiger partial charge on any atom is -0.295 e. The van der Waals surface area contributed by atoms with Gasteiger partial charge in [0.15, 0.2) is 0 Å². The standard InChI is InChI=1S/C32H49N.C21H21N/c1-2-3-4-5-6-7-8-9-10-11-12-13-14-15-16-23-28-33(29-31-24-19-17-20-25-31)30-32-26-21-18-22-27-32;1-4-10-19(11-5-1)16-22(17-20-12-6-2-7-13-20)18-21-14-8-3-9-15-21/h9-10,17-22,24-27H,2-8,11-16,23,28-30H2,1H3;1-15H,16-18H2/b10-9-;. The molecule has 0 saturated carbocycles. The normalized spacial score (nSPS) is 11.3. The fourth-order valence-electron chi connectivity index (χ4n) is 7.17. The lowest BCUT2D eigenvalue weighted by molar-refractivity contribution is 0.247. The molecule has 55 heavy (non-hydrogen) atoms. The highest BCUT2D eigenvalue weighted by molar-refractivity contribution is 5.20. The Morgan fingerprint density at radius 3 is 0.909 bits per heavy atom. The molecule has 0 unspecified atom stereocenters. The molecule has 5 aromatic carbocycles. The van der Waals surface area contributed by atoms with E-state index in [0.717, 1.165) is 32.7 Å². The molecule has 0 radical (unpaired) electrons. The Kier molecular flexibility index (Phi) is 23.0. The molecule has 0 aromatic heterocycles. The Morgan fingerprint density at radius 1 is 0.309 bits per heavy atom. The Hall–Kier alpha value is -4.24. The molecule has 0 aliphatic heterocycles. The van der Waals surface area contributed by atoms with Crippen molar-refractivity contribution >= 4 is 0 Å². The first-order valence-corrected chi connectivity index (χ1v) is 21.6.